The van der Waals surface area contributed by atoms with Crippen molar-refractivity contribution in [2.24, 2.45) is 0 Å². The molecule has 1 aromatic carbocycles. The summed E-state index contributed by atoms with van der Waals surface area (Å²) in [5.74, 6) is 0.333. The molecule has 3 aromatic heterocycles. The van der Waals surface area contributed by atoms with Crippen LogP contribution in [0.3, 0.4) is 0 Å². The largest absolute Gasteiger partial charge is 0.337 e. The minimum Gasteiger partial charge on any atom is -0.337 e. The molecule has 5 rings (SSSR count). The lowest BCUT2D eigenvalue weighted by Gasteiger charge is -2.31. The molecular formula is C21H19N5OS2. The maximum Gasteiger partial charge on any atom is 0.273 e. The molecule has 1 aliphatic rings. The highest BCUT2D eigenvalue weighted by molar-refractivity contribution is 7.13. The van der Waals surface area contributed by atoms with E-state index in [9.17, 15) is 4.79 Å². The van der Waals surface area contributed by atoms with Crippen LogP contribution >= 0.6 is 22.7 Å². The molecule has 0 spiro atoms. The molecule has 0 N–H and O–H groups in total. The monoisotopic (exact) mass is 421 g/mol. The second-order valence-corrected chi connectivity index (χ2v) is 8.79. The van der Waals surface area contributed by atoms with E-state index in [1.807, 2.05) is 63.1 Å². The van der Waals surface area contributed by atoms with E-state index in [-0.39, 0.29) is 5.91 Å². The van der Waals surface area contributed by atoms with Crippen molar-refractivity contribution in [2.75, 3.05) is 13.1 Å². The third-order valence-corrected chi connectivity index (χ3v) is 6.91. The summed E-state index contributed by atoms with van der Waals surface area (Å²) in [7, 11) is 0. The van der Waals surface area contributed by atoms with Gasteiger partial charge in [-0.2, -0.15) is 5.10 Å². The fourth-order valence-corrected chi connectivity index (χ4v) is 5.16. The molecule has 1 aliphatic heterocycles. The van der Waals surface area contributed by atoms with Crippen molar-refractivity contribution < 1.29 is 4.79 Å². The Morgan fingerprint density at radius 2 is 2.07 bits per heavy atom. The zero-order chi connectivity index (χ0) is 19.6. The highest BCUT2D eigenvalue weighted by Gasteiger charge is 2.28. The molecule has 1 atom stereocenters. The maximum absolute atomic E-state index is 13.0. The van der Waals surface area contributed by atoms with E-state index in [1.165, 1.54) is 11.3 Å². The summed E-state index contributed by atoms with van der Waals surface area (Å²) < 4.78 is 1.82. The Labute approximate surface area is 176 Å². The van der Waals surface area contributed by atoms with Crippen molar-refractivity contribution in [3.05, 3.63) is 70.4 Å². The number of benzene rings is 1. The number of nitrogens with zero attached hydrogens (tertiary/aromatic N) is 5. The van der Waals surface area contributed by atoms with Crippen molar-refractivity contribution >= 4 is 28.6 Å². The molecule has 0 saturated carbocycles. The highest BCUT2D eigenvalue weighted by Crippen LogP contribution is 2.30. The summed E-state index contributed by atoms with van der Waals surface area (Å²) in [6, 6.07) is 9.95. The molecule has 1 fully saturated rings. The van der Waals surface area contributed by atoms with E-state index in [0.717, 1.165) is 40.7 Å². The zero-order valence-corrected chi connectivity index (χ0v) is 17.3. The van der Waals surface area contributed by atoms with Gasteiger partial charge in [-0.3, -0.25) is 4.79 Å². The van der Waals surface area contributed by atoms with Crippen molar-refractivity contribution in [3.8, 4) is 16.3 Å². The molecule has 0 bridgehead atoms. The van der Waals surface area contributed by atoms with Crippen molar-refractivity contribution in [2.45, 2.75) is 18.8 Å². The predicted octanol–water partition coefficient (Wildman–Crippen LogP) is 4.47. The minimum absolute atomic E-state index is 0.00390. The van der Waals surface area contributed by atoms with Crippen LogP contribution in [0.25, 0.3) is 16.3 Å². The van der Waals surface area contributed by atoms with Crippen LogP contribution in [0, 0.1) is 0 Å². The van der Waals surface area contributed by atoms with Crippen LogP contribution in [0.2, 0.25) is 0 Å². The lowest BCUT2D eigenvalue weighted by Crippen LogP contribution is -2.39. The number of para-hydroxylation sites is 1. The van der Waals surface area contributed by atoms with Crippen LogP contribution in [-0.4, -0.2) is 43.6 Å². The number of aromatic nitrogens is 4. The fourth-order valence-electron chi connectivity index (χ4n) is 3.62. The minimum atomic E-state index is 0.00390. The molecule has 6 nitrogen and oxygen atoms in total. The molecule has 4 aromatic rings. The van der Waals surface area contributed by atoms with Crippen LogP contribution in [0.1, 0.15) is 34.3 Å². The molecule has 8 heteroatoms. The van der Waals surface area contributed by atoms with Gasteiger partial charge in [0.2, 0.25) is 0 Å². The highest BCUT2D eigenvalue weighted by atomic mass is 32.1. The molecule has 146 valence electrons. The van der Waals surface area contributed by atoms with Gasteiger partial charge in [0.1, 0.15) is 10.7 Å². The first-order chi connectivity index (χ1) is 14.3. The fraction of sp³-hybridized carbons (Fsp3) is 0.238. The Hall–Kier alpha value is -2.84. The molecule has 4 heterocycles. The number of amides is 1. The summed E-state index contributed by atoms with van der Waals surface area (Å²) in [5, 5.41) is 10.2. The lowest BCUT2D eigenvalue weighted by atomic mass is 9.98. The molecule has 1 unspecified atom stereocenters. The second kappa shape index (κ2) is 7.88. The molecule has 1 amide bonds. The van der Waals surface area contributed by atoms with E-state index >= 15 is 0 Å². The van der Waals surface area contributed by atoms with Gasteiger partial charge in [0.15, 0.2) is 0 Å². The number of carbonyl (C=O) groups excluding carboxylic acids is 1. The predicted molar refractivity (Wildman–Crippen MR) is 115 cm³/mol. The quantitative estimate of drug-likeness (QED) is 0.488. The third kappa shape index (κ3) is 3.73. The zero-order valence-electron chi connectivity index (χ0n) is 15.6. The van der Waals surface area contributed by atoms with Gasteiger partial charge >= 0.3 is 0 Å². The number of hydrogen-bond acceptors (Lipinski definition) is 6. The number of carbonyl (C=O) groups is 1. The van der Waals surface area contributed by atoms with E-state index in [2.05, 4.69) is 15.1 Å². The van der Waals surface area contributed by atoms with E-state index in [1.54, 1.807) is 17.5 Å². The van der Waals surface area contributed by atoms with E-state index in [0.29, 0.717) is 18.2 Å². The molecule has 0 radical (unpaired) electrons. The Morgan fingerprint density at radius 1 is 1.17 bits per heavy atom. The average Bonchev–Trinajstić information content (AvgIpc) is 3.55. The SMILES string of the molecule is O=C(c1csc(-c2cnn(-c3ccccc3)c2)n1)N1CCCC(c2nccs2)C1. The van der Waals surface area contributed by atoms with Gasteiger partial charge in [-0.15, -0.1) is 22.7 Å². The Kier molecular flexibility index (Phi) is 4.95. The standard InChI is InChI=1S/C21H19N5OS2/c27-21(25-9-4-5-15(12-25)19-22-8-10-28-19)18-14-29-20(24-18)16-11-23-26(13-16)17-6-2-1-3-7-17/h1-3,6-8,10-11,13-15H,4-5,9,12H2. The number of likely N-dealkylation sites (tertiary alicyclic amines) is 1. The van der Waals surface area contributed by atoms with Crippen molar-refractivity contribution in [3.63, 3.8) is 0 Å². The third-order valence-electron chi connectivity index (χ3n) is 5.08. The Bertz CT molecular complexity index is 1100. The summed E-state index contributed by atoms with van der Waals surface area (Å²) in [5.41, 5.74) is 2.42. The maximum atomic E-state index is 13.0. The van der Waals surface area contributed by atoms with Gasteiger partial charge in [0, 0.05) is 47.7 Å². The number of thiazole rings is 2. The summed E-state index contributed by atoms with van der Waals surface area (Å²) in [6.45, 7) is 1.49. The number of rotatable bonds is 4. The number of piperidine rings is 1. The molecular weight excluding hydrogens is 402 g/mol. The topological polar surface area (TPSA) is 63.9 Å². The van der Waals surface area contributed by atoms with Crippen LogP contribution in [-0.2, 0) is 0 Å². The molecule has 1 saturated heterocycles. The van der Waals surface area contributed by atoms with Crippen LogP contribution < -0.4 is 0 Å². The van der Waals surface area contributed by atoms with Gasteiger partial charge in [-0.25, -0.2) is 14.6 Å². The van der Waals surface area contributed by atoms with E-state index in [4.69, 9.17) is 0 Å². The van der Waals surface area contributed by atoms with Gasteiger partial charge < -0.3 is 4.90 Å². The summed E-state index contributed by atoms with van der Waals surface area (Å²) in [6.07, 6.45) is 7.65. The first-order valence-corrected chi connectivity index (χ1v) is 11.3. The van der Waals surface area contributed by atoms with Gasteiger partial charge in [-0.05, 0) is 25.0 Å². The average molecular weight is 422 g/mol. The smallest absolute Gasteiger partial charge is 0.273 e. The summed E-state index contributed by atoms with van der Waals surface area (Å²) >= 11 is 3.15. The van der Waals surface area contributed by atoms with Crippen molar-refractivity contribution in [1.82, 2.24) is 24.6 Å². The Balaban J connectivity index is 1.32. The van der Waals surface area contributed by atoms with Gasteiger partial charge in [0.25, 0.3) is 5.91 Å². The number of hydrogen-bond donors (Lipinski definition) is 0. The van der Waals surface area contributed by atoms with E-state index < -0.39 is 0 Å². The van der Waals surface area contributed by atoms with Gasteiger partial charge in [0.05, 0.1) is 16.9 Å². The van der Waals surface area contributed by atoms with Crippen molar-refractivity contribution in [1.29, 1.82) is 0 Å². The second-order valence-electron chi connectivity index (χ2n) is 7.01. The van der Waals surface area contributed by atoms with Crippen LogP contribution in [0.4, 0.5) is 0 Å². The van der Waals surface area contributed by atoms with Gasteiger partial charge in [-0.1, -0.05) is 18.2 Å². The molecule has 0 aliphatic carbocycles. The van der Waals surface area contributed by atoms with Crippen LogP contribution in [0.5, 0.6) is 0 Å². The van der Waals surface area contributed by atoms with Crippen LogP contribution in [0.15, 0.2) is 59.7 Å². The molecule has 29 heavy (non-hydrogen) atoms. The summed E-state index contributed by atoms with van der Waals surface area (Å²) in [4.78, 5) is 24.0. The first kappa shape index (κ1) is 18.2. The Morgan fingerprint density at radius 3 is 2.90 bits per heavy atom. The first-order valence-electron chi connectivity index (χ1n) is 9.52. The normalized spacial score (nSPS) is 16.8. The lowest BCUT2D eigenvalue weighted by molar-refractivity contribution is 0.0702.